The molecule has 0 aliphatic rings. The van der Waals surface area contributed by atoms with Gasteiger partial charge in [-0.1, -0.05) is 108 Å². The highest BCUT2D eigenvalue weighted by molar-refractivity contribution is 8.00. The largest absolute Gasteiger partial charge is 0.489 e. The van der Waals surface area contributed by atoms with Crippen LogP contribution in [0.4, 0.5) is 10.8 Å². The van der Waals surface area contributed by atoms with Crippen LogP contribution < -0.4 is 20.7 Å². The summed E-state index contributed by atoms with van der Waals surface area (Å²) in [6.07, 6.45) is 1.61. The molecule has 0 saturated carbocycles. The van der Waals surface area contributed by atoms with Crippen LogP contribution in [-0.4, -0.2) is 27.9 Å². The molecule has 11 heteroatoms. The molecule has 5 aromatic carbocycles. The van der Waals surface area contributed by atoms with Gasteiger partial charge in [-0.05, 0) is 72.2 Å². The lowest BCUT2D eigenvalue weighted by molar-refractivity contribution is -0.116. The number of nitrogens with zero attached hydrogens (tertiary/aromatic N) is 2. The summed E-state index contributed by atoms with van der Waals surface area (Å²) in [5.41, 5.74) is 3.49. The number of hydrogen-bond acceptors (Lipinski definition) is 8. The maximum atomic E-state index is 13.8. The van der Waals surface area contributed by atoms with Crippen molar-refractivity contribution < 1.29 is 19.1 Å². The van der Waals surface area contributed by atoms with Gasteiger partial charge >= 0.3 is 0 Å². The molecule has 1 atom stereocenters. The fourth-order valence-corrected chi connectivity index (χ4v) is 6.59. The van der Waals surface area contributed by atoms with Gasteiger partial charge in [0.2, 0.25) is 11.0 Å². The van der Waals surface area contributed by atoms with Gasteiger partial charge < -0.3 is 15.4 Å². The van der Waals surface area contributed by atoms with E-state index in [0.29, 0.717) is 34.3 Å². The second-order valence-corrected chi connectivity index (χ2v) is 13.6. The van der Waals surface area contributed by atoms with Crippen LogP contribution in [0.15, 0.2) is 150 Å². The average Bonchev–Trinajstić information content (AvgIpc) is 3.58. The number of carbonyl (C=O) groups is 3. The first-order valence-electron chi connectivity index (χ1n) is 16.0. The molecule has 0 saturated heterocycles. The van der Waals surface area contributed by atoms with Gasteiger partial charge in [0.15, 0.2) is 0 Å². The van der Waals surface area contributed by atoms with Crippen molar-refractivity contribution in [3.63, 3.8) is 0 Å². The number of hydrogen-bond donors (Lipinski definition) is 3. The molecule has 254 valence electrons. The van der Waals surface area contributed by atoms with E-state index in [1.807, 2.05) is 104 Å². The minimum absolute atomic E-state index is 0.0498. The van der Waals surface area contributed by atoms with Crippen LogP contribution in [0.5, 0.6) is 5.75 Å². The van der Waals surface area contributed by atoms with Gasteiger partial charge in [-0.25, -0.2) is 0 Å². The molecule has 0 radical (unpaired) electrons. The molecule has 51 heavy (non-hydrogen) atoms. The molecular formula is C40H33N5O4S2. The molecule has 0 bridgehead atoms. The first kappa shape index (κ1) is 34.8. The summed E-state index contributed by atoms with van der Waals surface area (Å²) in [7, 11) is 0. The van der Waals surface area contributed by atoms with E-state index in [9.17, 15) is 14.4 Å². The third-order valence-corrected chi connectivity index (χ3v) is 9.41. The van der Waals surface area contributed by atoms with Crippen molar-refractivity contribution in [2.45, 2.75) is 23.7 Å². The van der Waals surface area contributed by atoms with Gasteiger partial charge in [-0.3, -0.25) is 19.7 Å². The first-order chi connectivity index (χ1) is 24.9. The molecule has 1 unspecified atom stereocenters. The molecule has 1 heterocycles. The van der Waals surface area contributed by atoms with Crippen molar-refractivity contribution in [3.05, 3.63) is 172 Å². The van der Waals surface area contributed by atoms with Crippen LogP contribution in [0.1, 0.15) is 37.3 Å². The maximum Gasteiger partial charge on any atom is 0.272 e. The van der Waals surface area contributed by atoms with Gasteiger partial charge in [0.25, 0.3) is 11.8 Å². The van der Waals surface area contributed by atoms with Crippen LogP contribution in [0.25, 0.3) is 6.08 Å². The van der Waals surface area contributed by atoms with E-state index in [2.05, 4.69) is 26.1 Å². The van der Waals surface area contributed by atoms with Crippen LogP contribution in [0, 0.1) is 6.92 Å². The summed E-state index contributed by atoms with van der Waals surface area (Å²) in [5, 5.41) is 17.2. The second-order valence-electron chi connectivity index (χ2n) is 11.2. The van der Waals surface area contributed by atoms with Gasteiger partial charge in [-0.15, -0.1) is 22.0 Å². The lowest BCUT2D eigenvalue weighted by atomic mass is 10.1. The Morgan fingerprint density at radius 3 is 2.16 bits per heavy atom. The number of anilines is 2. The number of rotatable bonds is 13. The van der Waals surface area contributed by atoms with E-state index < -0.39 is 17.1 Å². The monoisotopic (exact) mass is 711 g/mol. The van der Waals surface area contributed by atoms with Crippen LogP contribution in [0.2, 0.25) is 0 Å². The third kappa shape index (κ3) is 10.0. The fourth-order valence-electron chi connectivity index (χ4n) is 4.91. The number of benzene rings is 5. The summed E-state index contributed by atoms with van der Waals surface area (Å²) in [5.74, 6) is -0.519. The van der Waals surface area contributed by atoms with Crippen molar-refractivity contribution in [1.82, 2.24) is 15.5 Å². The summed E-state index contributed by atoms with van der Waals surface area (Å²) in [6.45, 7) is 2.25. The van der Waals surface area contributed by atoms with E-state index in [1.165, 1.54) is 23.1 Å². The highest BCUT2D eigenvalue weighted by atomic mass is 32.2. The summed E-state index contributed by atoms with van der Waals surface area (Å²) >= 11 is 2.64. The Kier molecular flexibility index (Phi) is 11.6. The predicted molar refractivity (Wildman–Crippen MR) is 202 cm³/mol. The number of aromatic nitrogens is 2. The van der Waals surface area contributed by atoms with Gasteiger partial charge in [0.05, 0.1) is 0 Å². The Morgan fingerprint density at radius 2 is 1.47 bits per heavy atom. The van der Waals surface area contributed by atoms with E-state index in [0.717, 1.165) is 21.0 Å². The quantitative estimate of drug-likeness (QED) is 0.0814. The normalized spacial score (nSPS) is 11.7. The molecule has 3 amide bonds. The van der Waals surface area contributed by atoms with Crippen molar-refractivity contribution >= 4 is 57.7 Å². The number of carbonyl (C=O) groups excluding carboxylic acids is 3. The van der Waals surface area contributed by atoms with Crippen molar-refractivity contribution in [3.8, 4) is 5.75 Å². The van der Waals surface area contributed by atoms with E-state index in [4.69, 9.17) is 4.74 Å². The van der Waals surface area contributed by atoms with Gasteiger partial charge in [0.1, 0.15) is 28.3 Å². The molecule has 0 aliphatic carbocycles. The topological polar surface area (TPSA) is 122 Å². The number of ether oxygens (including phenoxy) is 1. The standard InChI is InChI=1S/C40H33N5O4S2/c1-27-44-45-40(50-27)43-39(48)36(30-14-7-3-8-15-30)51-34-19-11-18-32(25-34)41-38(47)35(42-37(46)31-16-9-4-10-17-31)24-28-20-22-33(23-21-28)49-26-29-12-5-2-6-13-29/h2-25,36H,26H2,1H3,(H,41,47)(H,42,46)(H,43,45,48)/b35-24-. The van der Waals surface area contributed by atoms with E-state index in [-0.39, 0.29) is 11.6 Å². The Balaban J connectivity index is 1.20. The van der Waals surface area contributed by atoms with Crippen LogP contribution in [-0.2, 0) is 16.2 Å². The second kappa shape index (κ2) is 17.1. The zero-order chi connectivity index (χ0) is 35.4. The summed E-state index contributed by atoms with van der Waals surface area (Å²) < 4.78 is 5.91. The Hall–Kier alpha value is -6.04. The van der Waals surface area contributed by atoms with Crippen LogP contribution >= 0.6 is 23.1 Å². The average molecular weight is 712 g/mol. The minimum atomic E-state index is -0.610. The zero-order valence-corrected chi connectivity index (χ0v) is 29.1. The molecule has 6 aromatic rings. The molecule has 3 N–H and O–H groups in total. The molecule has 0 spiro atoms. The third-order valence-electron chi connectivity index (χ3n) is 7.41. The molecule has 0 aliphatic heterocycles. The number of aryl methyl sites for hydroxylation is 1. The molecular weight excluding hydrogens is 679 g/mol. The Morgan fingerprint density at radius 1 is 0.784 bits per heavy atom. The zero-order valence-electron chi connectivity index (χ0n) is 27.5. The van der Waals surface area contributed by atoms with Gasteiger partial charge in [-0.2, -0.15) is 0 Å². The maximum absolute atomic E-state index is 13.8. The minimum Gasteiger partial charge on any atom is -0.489 e. The molecule has 1 aromatic heterocycles. The predicted octanol–water partition coefficient (Wildman–Crippen LogP) is 8.31. The first-order valence-corrected chi connectivity index (χ1v) is 17.7. The van der Waals surface area contributed by atoms with E-state index in [1.54, 1.807) is 48.5 Å². The number of nitrogens with one attached hydrogen (secondary N) is 3. The molecule has 9 nitrogen and oxygen atoms in total. The fraction of sp³-hybridized carbons (Fsp3) is 0.0750. The highest BCUT2D eigenvalue weighted by Gasteiger charge is 2.24. The Bertz CT molecular complexity index is 2120. The van der Waals surface area contributed by atoms with Gasteiger partial charge in [0, 0.05) is 16.1 Å². The molecule has 0 fully saturated rings. The number of thioether (sulfide) groups is 1. The lowest BCUT2D eigenvalue weighted by Gasteiger charge is -2.17. The van der Waals surface area contributed by atoms with Crippen molar-refractivity contribution in [1.29, 1.82) is 0 Å². The smallest absolute Gasteiger partial charge is 0.272 e. The Labute approximate surface area is 303 Å². The summed E-state index contributed by atoms with van der Waals surface area (Å²) in [4.78, 5) is 41.2. The van der Waals surface area contributed by atoms with Crippen molar-refractivity contribution in [2.24, 2.45) is 0 Å². The lowest BCUT2D eigenvalue weighted by Crippen LogP contribution is -2.30. The highest BCUT2D eigenvalue weighted by Crippen LogP contribution is 2.37. The summed E-state index contributed by atoms with van der Waals surface area (Å²) in [6, 6.07) is 42.4. The molecule has 6 rings (SSSR count). The van der Waals surface area contributed by atoms with Crippen LogP contribution in [0.3, 0.4) is 0 Å². The van der Waals surface area contributed by atoms with Crippen molar-refractivity contribution in [2.75, 3.05) is 10.6 Å². The number of amides is 3. The van der Waals surface area contributed by atoms with E-state index >= 15 is 0 Å². The SMILES string of the molecule is Cc1nnc(NC(=O)C(Sc2cccc(NC(=O)/C(=C/c3ccc(OCc4ccccc4)cc3)NC(=O)c3ccccc3)c2)c2ccccc2)s1.